The van der Waals surface area contributed by atoms with Gasteiger partial charge in [-0.1, -0.05) is 6.07 Å². The first-order valence-electron chi connectivity index (χ1n) is 5.02. The van der Waals surface area contributed by atoms with Crippen molar-refractivity contribution >= 4 is 29.1 Å². The highest BCUT2D eigenvalue weighted by molar-refractivity contribution is 7.10. The summed E-state index contributed by atoms with van der Waals surface area (Å²) < 4.78 is 0. The van der Waals surface area contributed by atoms with Gasteiger partial charge in [0.2, 0.25) is 11.8 Å². The normalized spacial score (nSPS) is 13.6. The lowest BCUT2D eigenvalue weighted by Gasteiger charge is -2.16. The van der Waals surface area contributed by atoms with Gasteiger partial charge in [-0.3, -0.25) is 9.59 Å². The Labute approximate surface area is 107 Å². The number of aliphatic carboxylic acids is 1. The molecular weight excluding hydrogens is 258 g/mol. The Kier molecular flexibility index (Phi) is 4.81. The van der Waals surface area contributed by atoms with Crippen molar-refractivity contribution in [3.63, 3.8) is 0 Å². The third-order valence-corrected chi connectivity index (χ3v) is 3.06. The molecule has 1 heterocycles. The van der Waals surface area contributed by atoms with E-state index in [1.807, 2.05) is 0 Å². The third kappa shape index (κ3) is 3.82. The van der Waals surface area contributed by atoms with E-state index >= 15 is 0 Å². The van der Waals surface area contributed by atoms with Crippen LogP contribution in [0.4, 0.5) is 0 Å². The zero-order chi connectivity index (χ0) is 13.7. The molecule has 1 rings (SSSR count). The average molecular weight is 271 g/mol. The number of carbonyl (C=O) groups excluding carboxylic acids is 2. The Morgan fingerprint density at radius 1 is 1.44 bits per heavy atom. The molecule has 0 aliphatic rings. The van der Waals surface area contributed by atoms with Crippen LogP contribution in [0.25, 0.3) is 0 Å². The Morgan fingerprint density at radius 3 is 2.56 bits per heavy atom. The van der Waals surface area contributed by atoms with Crippen molar-refractivity contribution in [2.45, 2.75) is 18.5 Å². The molecule has 0 fully saturated rings. The van der Waals surface area contributed by atoms with Gasteiger partial charge in [-0.25, -0.2) is 4.79 Å². The second kappa shape index (κ2) is 6.12. The molecule has 0 aromatic carbocycles. The van der Waals surface area contributed by atoms with Crippen LogP contribution in [0, 0.1) is 0 Å². The van der Waals surface area contributed by atoms with Crippen molar-refractivity contribution in [3.05, 3.63) is 22.4 Å². The lowest BCUT2D eigenvalue weighted by molar-refractivity contribution is -0.142. The van der Waals surface area contributed by atoms with Crippen LogP contribution in [-0.4, -0.2) is 28.9 Å². The summed E-state index contributed by atoms with van der Waals surface area (Å²) in [6, 6.07) is 0.940. The maximum atomic E-state index is 11.6. The van der Waals surface area contributed by atoms with Crippen LogP contribution in [0.2, 0.25) is 0 Å². The Morgan fingerprint density at radius 2 is 2.11 bits per heavy atom. The maximum Gasteiger partial charge on any atom is 0.331 e. The molecule has 0 saturated carbocycles. The second-order valence-corrected chi connectivity index (χ2v) is 4.55. The number of rotatable bonds is 6. The zero-order valence-corrected chi connectivity index (χ0v) is 10.1. The first kappa shape index (κ1) is 14.1. The number of carboxylic acid groups (broad SMARTS) is 1. The molecule has 7 nitrogen and oxygen atoms in total. The summed E-state index contributed by atoms with van der Waals surface area (Å²) in [5.74, 6) is -2.65. The molecule has 2 atom stereocenters. The highest BCUT2D eigenvalue weighted by Gasteiger charge is 2.26. The van der Waals surface area contributed by atoms with Crippen molar-refractivity contribution < 1.29 is 19.5 Å². The number of primary amides is 1. The van der Waals surface area contributed by atoms with Gasteiger partial charge in [0, 0.05) is 4.88 Å². The van der Waals surface area contributed by atoms with E-state index in [2.05, 4.69) is 5.32 Å². The predicted octanol–water partition coefficient (Wildman–Crippen LogP) is -0.807. The second-order valence-electron chi connectivity index (χ2n) is 3.57. The first-order chi connectivity index (χ1) is 8.41. The standard InChI is InChI=1S/C10H13N3O4S/c11-5(4-7(12)14)9(15)13-8(10(16)17)6-2-1-3-18-6/h1-3,5,8H,4,11H2,(H2,12,14)(H,13,15)(H,16,17). The van der Waals surface area contributed by atoms with E-state index in [0.717, 1.165) is 0 Å². The molecule has 0 saturated heterocycles. The van der Waals surface area contributed by atoms with E-state index in [-0.39, 0.29) is 6.42 Å². The number of amides is 2. The van der Waals surface area contributed by atoms with Crippen LogP contribution < -0.4 is 16.8 Å². The fourth-order valence-corrected chi connectivity index (χ4v) is 2.04. The van der Waals surface area contributed by atoms with Gasteiger partial charge in [-0.15, -0.1) is 11.3 Å². The molecular formula is C10H13N3O4S. The summed E-state index contributed by atoms with van der Waals surface area (Å²) in [6.07, 6.45) is -0.331. The van der Waals surface area contributed by atoms with Gasteiger partial charge < -0.3 is 21.9 Å². The molecule has 2 amide bonds. The number of hydrogen-bond donors (Lipinski definition) is 4. The predicted molar refractivity (Wildman–Crippen MR) is 64.6 cm³/mol. The Balaban J connectivity index is 2.71. The highest BCUT2D eigenvalue weighted by atomic mass is 32.1. The Bertz CT molecular complexity index is 446. The van der Waals surface area contributed by atoms with Crippen molar-refractivity contribution in [3.8, 4) is 0 Å². The number of carbonyl (C=O) groups is 3. The highest BCUT2D eigenvalue weighted by Crippen LogP contribution is 2.19. The molecule has 0 aliphatic heterocycles. The van der Waals surface area contributed by atoms with Crippen molar-refractivity contribution in [2.75, 3.05) is 0 Å². The third-order valence-electron chi connectivity index (χ3n) is 2.12. The number of thiophene rings is 1. The first-order valence-corrected chi connectivity index (χ1v) is 5.90. The Hall–Kier alpha value is -1.93. The van der Waals surface area contributed by atoms with Gasteiger partial charge in [0.15, 0.2) is 6.04 Å². The number of hydrogen-bond acceptors (Lipinski definition) is 5. The van der Waals surface area contributed by atoms with Gasteiger partial charge in [0.05, 0.1) is 12.5 Å². The van der Waals surface area contributed by atoms with Crippen LogP contribution in [0.15, 0.2) is 17.5 Å². The number of nitrogens with one attached hydrogen (secondary N) is 1. The largest absolute Gasteiger partial charge is 0.479 e. The fourth-order valence-electron chi connectivity index (χ4n) is 1.27. The van der Waals surface area contributed by atoms with E-state index in [1.165, 1.54) is 11.3 Å². The molecule has 0 spiro atoms. The van der Waals surface area contributed by atoms with E-state index in [4.69, 9.17) is 16.6 Å². The SMILES string of the molecule is NC(=O)CC(N)C(=O)NC(C(=O)O)c1cccs1. The average Bonchev–Trinajstić information content (AvgIpc) is 2.77. The van der Waals surface area contributed by atoms with E-state index < -0.39 is 29.9 Å². The summed E-state index contributed by atoms with van der Waals surface area (Å²) in [7, 11) is 0. The molecule has 2 unspecified atom stereocenters. The van der Waals surface area contributed by atoms with Crippen LogP contribution in [-0.2, 0) is 14.4 Å². The van der Waals surface area contributed by atoms with E-state index in [1.54, 1.807) is 17.5 Å². The lowest BCUT2D eigenvalue weighted by atomic mass is 10.1. The summed E-state index contributed by atoms with van der Waals surface area (Å²) >= 11 is 1.20. The smallest absolute Gasteiger partial charge is 0.331 e. The summed E-state index contributed by atoms with van der Waals surface area (Å²) in [5, 5.41) is 13.0. The van der Waals surface area contributed by atoms with Gasteiger partial charge in [0.25, 0.3) is 0 Å². The number of carboxylic acids is 1. The minimum atomic E-state index is -1.20. The van der Waals surface area contributed by atoms with Crippen LogP contribution in [0.5, 0.6) is 0 Å². The van der Waals surface area contributed by atoms with Gasteiger partial charge in [-0.05, 0) is 11.4 Å². The summed E-state index contributed by atoms with van der Waals surface area (Å²) in [6.45, 7) is 0. The summed E-state index contributed by atoms with van der Waals surface area (Å²) in [4.78, 5) is 33.7. The topological polar surface area (TPSA) is 136 Å². The molecule has 0 radical (unpaired) electrons. The van der Waals surface area contributed by atoms with E-state index in [9.17, 15) is 14.4 Å². The zero-order valence-electron chi connectivity index (χ0n) is 9.33. The van der Waals surface area contributed by atoms with Crippen molar-refractivity contribution in [1.82, 2.24) is 5.32 Å². The minimum absolute atomic E-state index is 0.331. The van der Waals surface area contributed by atoms with Crippen LogP contribution in [0.1, 0.15) is 17.3 Å². The molecule has 0 bridgehead atoms. The van der Waals surface area contributed by atoms with Gasteiger partial charge in [-0.2, -0.15) is 0 Å². The van der Waals surface area contributed by atoms with E-state index in [0.29, 0.717) is 4.88 Å². The number of nitrogens with two attached hydrogens (primary N) is 2. The van der Waals surface area contributed by atoms with Crippen molar-refractivity contribution in [2.24, 2.45) is 11.5 Å². The molecule has 8 heteroatoms. The monoisotopic (exact) mass is 271 g/mol. The maximum absolute atomic E-state index is 11.6. The minimum Gasteiger partial charge on any atom is -0.479 e. The molecule has 1 aromatic rings. The molecule has 18 heavy (non-hydrogen) atoms. The van der Waals surface area contributed by atoms with Crippen LogP contribution in [0.3, 0.4) is 0 Å². The molecule has 1 aromatic heterocycles. The summed E-state index contributed by atoms with van der Waals surface area (Å²) in [5.41, 5.74) is 10.3. The lowest BCUT2D eigenvalue weighted by Crippen LogP contribution is -2.45. The van der Waals surface area contributed by atoms with Gasteiger partial charge in [0.1, 0.15) is 0 Å². The molecule has 6 N–H and O–H groups in total. The quantitative estimate of drug-likeness (QED) is 0.536. The molecule has 0 aliphatic carbocycles. The van der Waals surface area contributed by atoms with Gasteiger partial charge >= 0.3 is 5.97 Å². The van der Waals surface area contributed by atoms with Crippen LogP contribution >= 0.6 is 11.3 Å². The fraction of sp³-hybridized carbons (Fsp3) is 0.300. The van der Waals surface area contributed by atoms with Crippen molar-refractivity contribution in [1.29, 1.82) is 0 Å². The molecule has 98 valence electrons.